The molecule has 0 unspecified atom stereocenters. The summed E-state index contributed by atoms with van der Waals surface area (Å²) in [7, 11) is 0. The number of hydrogen-bond acceptors (Lipinski definition) is 5. The molecule has 0 amide bonds. The molecule has 0 radical (unpaired) electrons. The fourth-order valence-corrected chi connectivity index (χ4v) is 5.79. The minimum Gasteiger partial charge on any atom is -0.457 e. The zero-order valence-corrected chi connectivity index (χ0v) is 22.4. The van der Waals surface area contributed by atoms with E-state index >= 15 is 0 Å². The fraction of sp³-hybridized carbons (Fsp3) is 0.0357. The number of hydrogen-bond donors (Lipinski definition) is 0. The van der Waals surface area contributed by atoms with Gasteiger partial charge in [0.25, 0.3) is 5.56 Å². The molecule has 0 aliphatic heterocycles. The number of benzene rings is 3. The van der Waals surface area contributed by atoms with Crippen molar-refractivity contribution in [2.75, 3.05) is 0 Å². The lowest BCUT2D eigenvalue weighted by atomic mass is 10.2. The summed E-state index contributed by atoms with van der Waals surface area (Å²) in [5.74, 6) is 1.92. The Morgan fingerprint density at radius 2 is 1.59 bits per heavy atom. The maximum atomic E-state index is 13.6. The van der Waals surface area contributed by atoms with E-state index in [1.807, 2.05) is 89.5 Å². The van der Waals surface area contributed by atoms with Crippen LogP contribution in [0.15, 0.2) is 112 Å². The van der Waals surface area contributed by atoms with Crippen LogP contribution in [0.25, 0.3) is 22.2 Å². The van der Waals surface area contributed by atoms with Crippen molar-refractivity contribution in [2.24, 2.45) is 0 Å². The normalized spacial score (nSPS) is 11.3. The zero-order valence-electron chi connectivity index (χ0n) is 19.2. The van der Waals surface area contributed by atoms with Crippen LogP contribution in [0.4, 0.5) is 0 Å². The molecule has 9 heteroatoms. The molecular formula is C28H18BrClN4O2S. The van der Waals surface area contributed by atoms with Crippen molar-refractivity contribution >= 4 is 55.8 Å². The van der Waals surface area contributed by atoms with Gasteiger partial charge in [0.2, 0.25) is 0 Å². The Hall–Kier alpha value is -3.59. The first-order valence-corrected chi connectivity index (χ1v) is 13.5. The standard InChI is InChI=1S/C28H18BrClN4O2S/c29-26-24(31-25-15-10-18(30)16-33(25)26)17-37-28-32-23-9-5-4-8-22(23)27(35)34(28)19-11-13-21(14-12-19)36-20-6-2-1-3-7-20/h1-16H,17H2. The van der Waals surface area contributed by atoms with Crippen molar-refractivity contribution in [3.05, 3.63) is 123 Å². The average molecular weight is 590 g/mol. The Balaban J connectivity index is 1.37. The number of ether oxygens (including phenoxy) is 1. The number of imidazole rings is 1. The summed E-state index contributed by atoms with van der Waals surface area (Å²) in [6, 6.07) is 28.0. The van der Waals surface area contributed by atoms with E-state index < -0.39 is 0 Å². The summed E-state index contributed by atoms with van der Waals surface area (Å²) < 4.78 is 10.3. The largest absolute Gasteiger partial charge is 0.457 e. The lowest BCUT2D eigenvalue weighted by Crippen LogP contribution is -2.21. The summed E-state index contributed by atoms with van der Waals surface area (Å²) in [5, 5.41) is 1.75. The highest BCUT2D eigenvalue weighted by Crippen LogP contribution is 2.30. The highest BCUT2D eigenvalue weighted by molar-refractivity contribution is 9.10. The average Bonchev–Trinajstić information content (AvgIpc) is 3.23. The molecule has 182 valence electrons. The molecule has 0 fully saturated rings. The Bertz CT molecular complexity index is 1800. The van der Waals surface area contributed by atoms with Crippen LogP contribution in [0.3, 0.4) is 0 Å². The highest BCUT2D eigenvalue weighted by atomic mass is 79.9. The molecule has 0 N–H and O–H groups in total. The van der Waals surface area contributed by atoms with E-state index in [2.05, 4.69) is 15.9 Å². The fourth-order valence-electron chi connectivity index (χ4n) is 3.99. The van der Waals surface area contributed by atoms with Gasteiger partial charge in [-0.15, -0.1) is 0 Å². The van der Waals surface area contributed by atoms with Crippen molar-refractivity contribution in [3.63, 3.8) is 0 Å². The topological polar surface area (TPSA) is 61.4 Å². The zero-order chi connectivity index (χ0) is 25.4. The van der Waals surface area contributed by atoms with Crippen molar-refractivity contribution in [1.29, 1.82) is 0 Å². The first-order chi connectivity index (χ1) is 18.1. The summed E-state index contributed by atoms with van der Waals surface area (Å²) in [4.78, 5) is 23.2. The van der Waals surface area contributed by atoms with E-state index in [0.717, 1.165) is 21.7 Å². The second-order valence-electron chi connectivity index (χ2n) is 8.17. The van der Waals surface area contributed by atoms with Gasteiger partial charge in [0.1, 0.15) is 21.7 Å². The molecule has 0 spiro atoms. The number of fused-ring (bicyclic) bond motifs is 2. The van der Waals surface area contributed by atoms with Crippen LogP contribution in [-0.2, 0) is 5.75 Å². The number of halogens is 2. The van der Waals surface area contributed by atoms with Crippen LogP contribution in [0.5, 0.6) is 11.5 Å². The van der Waals surface area contributed by atoms with Gasteiger partial charge >= 0.3 is 0 Å². The Morgan fingerprint density at radius 1 is 0.865 bits per heavy atom. The number of para-hydroxylation sites is 2. The second-order valence-corrected chi connectivity index (χ2v) is 10.3. The summed E-state index contributed by atoms with van der Waals surface area (Å²) in [6.45, 7) is 0. The molecular weight excluding hydrogens is 572 g/mol. The predicted molar refractivity (Wildman–Crippen MR) is 151 cm³/mol. The van der Waals surface area contributed by atoms with Gasteiger partial charge in [-0.1, -0.05) is 53.7 Å². The number of pyridine rings is 1. The minimum atomic E-state index is -0.134. The molecule has 6 aromatic rings. The molecule has 3 aromatic carbocycles. The summed E-state index contributed by atoms with van der Waals surface area (Å²) in [5.41, 5.74) is 2.83. The van der Waals surface area contributed by atoms with Crippen LogP contribution in [-0.4, -0.2) is 18.9 Å². The summed E-state index contributed by atoms with van der Waals surface area (Å²) >= 11 is 11.2. The smallest absolute Gasteiger partial charge is 0.266 e. The first kappa shape index (κ1) is 23.8. The lowest BCUT2D eigenvalue weighted by Gasteiger charge is -2.14. The molecule has 37 heavy (non-hydrogen) atoms. The molecule has 0 saturated heterocycles. The monoisotopic (exact) mass is 588 g/mol. The number of rotatable bonds is 6. The van der Waals surface area contributed by atoms with E-state index in [-0.39, 0.29) is 5.56 Å². The van der Waals surface area contributed by atoms with Gasteiger partial charge in [-0.2, -0.15) is 0 Å². The van der Waals surface area contributed by atoms with Gasteiger partial charge in [0.05, 0.1) is 27.3 Å². The van der Waals surface area contributed by atoms with Crippen molar-refractivity contribution < 1.29 is 4.74 Å². The molecule has 6 nitrogen and oxygen atoms in total. The SMILES string of the molecule is O=c1c2ccccc2nc(SCc2nc3ccc(Cl)cn3c2Br)n1-c1ccc(Oc2ccccc2)cc1. The van der Waals surface area contributed by atoms with Crippen molar-refractivity contribution in [1.82, 2.24) is 18.9 Å². The van der Waals surface area contributed by atoms with Gasteiger partial charge in [-0.05, 0) is 76.6 Å². The van der Waals surface area contributed by atoms with Gasteiger partial charge < -0.3 is 4.74 Å². The van der Waals surface area contributed by atoms with E-state index in [1.54, 1.807) is 16.7 Å². The Morgan fingerprint density at radius 3 is 2.41 bits per heavy atom. The van der Waals surface area contributed by atoms with Crippen LogP contribution in [0, 0.1) is 0 Å². The quantitative estimate of drug-likeness (QED) is 0.148. The second kappa shape index (κ2) is 10.0. The minimum absolute atomic E-state index is 0.134. The van der Waals surface area contributed by atoms with Gasteiger partial charge in [0.15, 0.2) is 5.16 Å². The third-order valence-electron chi connectivity index (χ3n) is 5.75. The Labute approximate surface area is 229 Å². The third kappa shape index (κ3) is 4.75. The first-order valence-electron chi connectivity index (χ1n) is 11.4. The number of thioether (sulfide) groups is 1. The van der Waals surface area contributed by atoms with E-state index in [4.69, 9.17) is 26.3 Å². The maximum absolute atomic E-state index is 13.6. The third-order valence-corrected chi connectivity index (χ3v) is 7.76. The molecule has 3 heterocycles. The molecule has 0 bridgehead atoms. The predicted octanol–water partition coefficient (Wildman–Crippen LogP) is 7.53. The van der Waals surface area contributed by atoms with Crippen LogP contribution < -0.4 is 10.3 Å². The van der Waals surface area contributed by atoms with Gasteiger partial charge in [-0.3, -0.25) is 13.8 Å². The van der Waals surface area contributed by atoms with Gasteiger partial charge in [0, 0.05) is 11.9 Å². The van der Waals surface area contributed by atoms with E-state index in [0.29, 0.717) is 38.3 Å². The van der Waals surface area contributed by atoms with E-state index in [1.165, 1.54) is 11.8 Å². The molecule has 0 aliphatic rings. The van der Waals surface area contributed by atoms with Crippen LogP contribution >= 0.6 is 39.3 Å². The number of aromatic nitrogens is 4. The lowest BCUT2D eigenvalue weighted by molar-refractivity contribution is 0.482. The number of nitrogens with zero attached hydrogens (tertiary/aromatic N) is 4. The van der Waals surface area contributed by atoms with Crippen LogP contribution in [0.2, 0.25) is 5.02 Å². The molecule has 6 rings (SSSR count). The van der Waals surface area contributed by atoms with Crippen LogP contribution in [0.1, 0.15) is 5.69 Å². The maximum Gasteiger partial charge on any atom is 0.266 e. The molecule has 0 aliphatic carbocycles. The molecule has 0 saturated carbocycles. The molecule has 0 atom stereocenters. The Kier molecular flexibility index (Phi) is 6.46. The van der Waals surface area contributed by atoms with E-state index in [9.17, 15) is 4.79 Å². The van der Waals surface area contributed by atoms with Crippen molar-refractivity contribution in [2.45, 2.75) is 10.9 Å². The van der Waals surface area contributed by atoms with Gasteiger partial charge in [-0.25, -0.2) is 9.97 Å². The molecule has 3 aromatic heterocycles. The highest BCUT2D eigenvalue weighted by Gasteiger charge is 2.16. The van der Waals surface area contributed by atoms with Crippen molar-refractivity contribution in [3.8, 4) is 17.2 Å². The summed E-state index contributed by atoms with van der Waals surface area (Å²) in [6.07, 6.45) is 1.81.